The molecule has 1 aromatic heterocycles. The molecule has 1 fully saturated rings. The number of rotatable bonds is 3. The third kappa shape index (κ3) is 4.43. The molecular weight excluding hydrogens is 378 g/mol. The van der Waals surface area contributed by atoms with Crippen LogP contribution in [0.2, 0.25) is 0 Å². The molecule has 3 rings (SSSR count). The molecule has 2 aromatic rings. The van der Waals surface area contributed by atoms with Gasteiger partial charge in [-0.05, 0) is 53.0 Å². The molecule has 1 aliphatic heterocycles. The average molecular weight is 398 g/mol. The monoisotopic (exact) mass is 397 g/mol. The number of aromatic nitrogens is 1. The van der Waals surface area contributed by atoms with E-state index in [0.29, 0.717) is 10.5 Å². The quantitative estimate of drug-likeness (QED) is 0.628. The lowest BCUT2D eigenvalue weighted by molar-refractivity contribution is -0.123. The topological polar surface area (TPSA) is 62.3 Å². The Labute approximate surface area is 167 Å². The molecular formula is C20H19N3O2S2. The van der Waals surface area contributed by atoms with Gasteiger partial charge in [-0.3, -0.25) is 20.0 Å². The summed E-state index contributed by atoms with van der Waals surface area (Å²) in [5.74, 6) is -0.733. The first kappa shape index (κ1) is 19.3. The lowest BCUT2D eigenvalue weighted by atomic mass is 9.87. The second-order valence-corrected chi connectivity index (χ2v) is 8.75. The Kier molecular flexibility index (Phi) is 5.43. The molecule has 1 aromatic carbocycles. The molecule has 0 unspecified atom stereocenters. The third-order valence-electron chi connectivity index (χ3n) is 4.00. The van der Waals surface area contributed by atoms with E-state index in [2.05, 4.69) is 31.2 Å². The predicted molar refractivity (Wildman–Crippen MR) is 112 cm³/mol. The van der Waals surface area contributed by atoms with Crippen molar-refractivity contribution in [3.63, 3.8) is 0 Å². The van der Waals surface area contributed by atoms with Crippen LogP contribution in [0.4, 0.5) is 0 Å². The summed E-state index contributed by atoms with van der Waals surface area (Å²) < 4.78 is 0.287. The zero-order valence-electron chi connectivity index (χ0n) is 15.2. The first-order valence-electron chi connectivity index (χ1n) is 8.35. The standard InChI is InChI=1S/C20H19N3O2S2/c1-20(2,3)15-8-6-14(7-9-15)17(24)22-23-18(25)16(27-19(23)26)11-13-5-4-10-21-12-13/h4-12H,1-3H3,(H,22,24). The van der Waals surface area contributed by atoms with Crippen molar-refractivity contribution in [1.29, 1.82) is 0 Å². The fraction of sp³-hybridized carbons (Fsp3) is 0.200. The molecule has 0 bridgehead atoms. The van der Waals surface area contributed by atoms with Gasteiger partial charge in [-0.1, -0.05) is 50.7 Å². The van der Waals surface area contributed by atoms with Crippen molar-refractivity contribution in [2.45, 2.75) is 26.2 Å². The number of hydrogen-bond donors (Lipinski definition) is 1. The number of thioether (sulfide) groups is 1. The van der Waals surface area contributed by atoms with Crippen molar-refractivity contribution < 1.29 is 9.59 Å². The van der Waals surface area contributed by atoms with Gasteiger partial charge < -0.3 is 0 Å². The van der Waals surface area contributed by atoms with Gasteiger partial charge in [0.2, 0.25) is 0 Å². The number of carbonyl (C=O) groups excluding carboxylic acids is 2. The van der Waals surface area contributed by atoms with Crippen LogP contribution in [0.5, 0.6) is 0 Å². The summed E-state index contributed by atoms with van der Waals surface area (Å²) in [6.07, 6.45) is 5.02. The number of benzene rings is 1. The van der Waals surface area contributed by atoms with Crippen molar-refractivity contribution >= 4 is 46.2 Å². The van der Waals surface area contributed by atoms with Crippen molar-refractivity contribution in [2.24, 2.45) is 0 Å². The highest BCUT2D eigenvalue weighted by Gasteiger charge is 2.33. The van der Waals surface area contributed by atoms with E-state index < -0.39 is 0 Å². The van der Waals surface area contributed by atoms with Crippen LogP contribution in [0.1, 0.15) is 42.3 Å². The second kappa shape index (κ2) is 7.62. The normalized spacial score (nSPS) is 16.1. The molecule has 0 atom stereocenters. The molecule has 1 aliphatic rings. The summed E-state index contributed by atoms with van der Waals surface area (Å²) in [7, 11) is 0. The molecule has 0 spiro atoms. The summed E-state index contributed by atoms with van der Waals surface area (Å²) in [6.45, 7) is 6.32. The van der Waals surface area contributed by atoms with Crippen LogP contribution in [0, 0.1) is 0 Å². The van der Waals surface area contributed by atoms with Crippen LogP contribution in [-0.2, 0) is 10.2 Å². The van der Waals surface area contributed by atoms with Gasteiger partial charge >= 0.3 is 0 Å². The van der Waals surface area contributed by atoms with E-state index >= 15 is 0 Å². The van der Waals surface area contributed by atoms with Crippen LogP contribution in [0.3, 0.4) is 0 Å². The Morgan fingerprint density at radius 1 is 1.22 bits per heavy atom. The molecule has 1 N–H and O–H groups in total. The summed E-state index contributed by atoms with van der Waals surface area (Å²) in [4.78, 5) is 29.6. The first-order chi connectivity index (χ1) is 12.8. The van der Waals surface area contributed by atoms with Crippen molar-refractivity contribution in [2.75, 3.05) is 0 Å². The van der Waals surface area contributed by atoms with Crippen molar-refractivity contribution in [3.8, 4) is 0 Å². The van der Waals surface area contributed by atoms with Gasteiger partial charge in [0.1, 0.15) is 0 Å². The highest BCUT2D eigenvalue weighted by molar-refractivity contribution is 8.26. The third-order valence-corrected chi connectivity index (χ3v) is 5.30. The highest BCUT2D eigenvalue weighted by atomic mass is 32.2. The van der Waals surface area contributed by atoms with Crippen LogP contribution in [-0.4, -0.2) is 26.1 Å². The maximum Gasteiger partial charge on any atom is 0.285 e. The number of thiocarbonyl (C=S) groups is 1. The van der Waals surface area contributed by atoms with Crippen LogP contribution in [0.15, 0.2) is 53.7 Å². The lowest BCUT2D eigenvalue weighted by Gasteiger charge is -2.19. The Morgan fingerprint density at radius 3 is 2.52 bits per heavy atom. The molecule has 2 heterocycles. The van der Waals surface area contributed by atoms with E-state index in [0.717, 1.165) is 27.9 Å². The van der Waals surface area contributed by atoms with Gasteiger partial charge in [0.15, 0.2) is 4.32 Å². The molecule has 0 radical (unpaired) electrons. The van der Waals surface area contributed by atoms with E-state index in [1.807, 2.05) is 18.2 Å². The largest absolute Gasteiger partial charge is 0.285 e. The van der Waals surface area contributed by atoms with Crippen LogP contribution in [0.25, 0.3) is 6.08 Å². The minimum Gasteiger partial charge on any atom is -0.267 e. The summed E-state index contributed by atoms with van der Waals surface area (Å²) in [5, 5.41) is 1.11. The van der Waals surface area contributed by atoms with Gasteiger partial charge in [-0.25, -0.2) is 0 Å². The Hall–Kier alpha value is -2.51. The maximum absolute atomic E-state index is 12.6. The van der Waals surface area contributed by atoms with Crippen LogP contribution >= 0.6 is 24.0 Å². The maximum atomic E-state index is 12.6. The van der Waals surface area contributed by atoms with E-state index in [4.69, 9.17) is 12.2 Å². The average Bonchev–Trinajstić information content (AvgIpc) is 2.89. The number of hydrazine groups is 1. The molecule has 138 valence electrons. The molecule has 7 heteroatoms. The number of nitrogens with zero attached hydrogens (tertiary/aromatic N) is 2. The number of hydrogen-bond acceptors (Lipinski definition) is 5. The van der Waals surface area contributed by atoms with Crippen molar-refractivity contribution in [1.82, 2.24) is 15.4 Å². The highest BCUT2D eigenvalue weighted by Crippen LogP contribution is 2.31. The van der Waals surface area contributed by atoms with Crippen LogP contribution < -0.4 is 5.43 Å². The van der Waals surface area contributed by atoms with E-state index in [9.17, 15) is 9.59 Å². The second-order valence-electron chi connectivity index (χ2n) is 7.07. The van der Waals surface area contributed by atoms with Gasteiger partial charge in [-0.15, -0.1) is 0 Å². The van der Waals surface area contributed by atoms with E-state index in [1.54, 1.807) is 36.7 Å². The summed E-state index contributed by atoms with van der Waals surface area (Å²) in [6, 6.07) is 11.0. The molecule has 0 aliphatic carbocycles. The molecule has 0 saturated carbocycles. The summed E-state index contributed by atoms with van der Waals surface area (Å²) >= 11 is 6.39. The Bertz CT molecular complexity index is 916. The van der Waals surface area contributed by atoms with Gasteiger partial charge in [0.25, 0.3) is 11.8 Å². The predicted octanol–water partition coefficient (Wildman–Crippen LogP) is 3.93. The molecule has 27 heavy (non-hydrogen) atoms. The van der Waals surface area contributed by atoms with E-state index in [1.165, 1.54) is 0 Å². The minimum absolute atomic E-state index is 0.00409. The Morgan fingerprint density at radius 2 is 1.93 bits per heavy atom. The zero-order chi connectivity index (χ0) is 19.6. The summed E-state index contributed by atoms with van der Waals surface area (Å²) in [5.41, 5.74) is 4.99. The van der Waals surface area contributed by atoms with E-state index in [-0.39, 0.29) is 21.5 Å². The SMILES string of the molecule is CC(C)(C)c1ccc(C(=O)NN2C(=O)C(=Cc3cccnc3)SC2=S)cc1. The van der Waals surface area contributed by atoms with Gasteiger partial charge in [0.05, 0.1) is 4.91 Å². The first-order valence-corrected chi connectivity index (χ1v) is 9.58. The fourth-order valence-electron chi connectivity index (χ4n) is 2.46. The molecule has 1 saturated heterocycles. The molecule has 5 nitrogen and oxygen atoms in total. The number of pyridine rings is 1. The zero-order valence-corrected chi connectivity index (χ0v) is 16.9. The smallest absolute Gasteiger partial charge is 0.267 e. The number of nitrogens with one attached hydrogen (secondary N) is 1. The minimum atomic E-state index is -0.380. The van der Waals surface area contributed by atoms with Crippen molar-refractivity contribution in [3.05, 3.63) is 70.4 Å². The molecule has 2 amide bonds. The lowest BCUT2D eigenvalue weighted by Crippen LogP contribution is -2.44. The van der Waals surface area contributed by atoms with Gasteiger partial charge in [-0.2, -0.15) is 5.01 Å². The number of carbonyl (C=O) groups is 2. The van der Waals surface area contributed by atoms with Gasteiger partial charge in [0, 0.05) is 18.0 Å². The number of amides is 2. The Balaban J connectivity index is 1.73. The fourth-order valence-corrected chi connectivity index (χ4v) is 3.64.